The van der Waals surface area contributed by atoms with Crippen LogP contribution < -0.4 is 0 Å². The average molecular weight is 243 g/mol. The summed E-state index contributed by atoms with van der Waals surface area (Å²) in [7, 11) is 0. The van der Waals surface area contributed by atoms with Gasteiger partial charge in [0.1, 0.15) is 0 Å². The van der Waals surface area contributed by atoms with E-state index < -0.39 is 0 Å². The lowest BCUT2D eigenvalue weighted by Gasteiger charge is -2.07. The molecular weight excluding hydrogens is 226 g/mol. The minimum Gasteiger partial charge on any atom is -0.378 e. The Kier molecular flexibility index (Phi) is 2.92. The molecule has 2 aromatic rings. The Labute approximate surface area is 106 Å². The van der Waals surface area contributed by atoms with E-state index in [1.54, 1.807) is 0 Å². The van der Waals surface area contributed by atoms with Crippen LogP contribution in [0, 0.1) is 6.92 Å². The quantitative estimate of drug-likeness (QED) is 0.841. The maximum atomic E-state index is 12.3. The minimum absolute atomic E-state index is 0.117. The highest BCUT2D eigenvalue weighted by Gasteiger charge is 2.22. The van der Waals surface area contributed by atoms with Crippen LogP contribution in [0.15, 0.2) is 24.4 Å². The summed E-state index contributed by atoms with van der Waals surface area (Å²) in [6, 6.07) is 6.05. The molecule has 0 aliphatic carbocycles. The summed E-state index contributed by atoms with van der Waals surface area (Å²) in [5.74, 6) is 0.183. The van der Waals surface area contributed by atoms with Crippen LogP contribution in [0.2, 0.25) is 0 Å². The highest BCUT2D eigenvalue weighted by atomic mass is 16.5. The molecule has 1 aliphatic heterocycles. The zero-order valence-corrected chi connectivity index (χ0v) is 10.5. The summed E-state index contributed by atoms with van der Waals surface area (Å²) in [6.45, 7) is 2.84. The van der Waals surface area contributed by atoms with Gasteiger partial charge >= 0.3 is 0 Å². The summed E-state index contributed by atoms with van der Waals surface area (Å²) < 4.78 is 5.53. The normalized spacial score (nSPS) is 19.5. The molecule has 1 saturated heterocycles. The lowest BCUT2D eigenvalue weighted by atomic mass is 10.0. The Morgan fingerprint density at radius 1 is 1.50 bits per heavy atom. The number of fused-ring (bicyclic) bond motifs is 1. The summed E-state index contributed by atoms with van der Waals surface area (Å²) in [5.41, 5.74) is 2.98. The predicted octanol–water partition coefficient (Wildman–Crippen LogP) is 3.23. The molecule has 3 rings (SSSR count). The van der Waals surface area contributed by atoms with Crippen molar-refractivity contribution in [2.75, 3.05) is 6.61 Å². The van der Waals surface area contributed by atoms with Gasteiger partial charge in [-0.25, -0.2) is 0 Å². The van der Waals surface area contributed by atoms with Gasteiger partial charge in [0.2, 0.25) is 0 Å². The molecule has 0 amide bonds. The summed E-state index contributed by atoms with van der Waals surface area (Å²) >= 11 is 0. The van der Waals surface area contributed by atoms with Crippen molar-refractivity contribution in [1.82, 2.24) is 4.98 Å². The molecule has 0 saturated carbocycles. The number of aryl methyl sites for hydroxylation is 1. The van der Waals surface area contributed by atoms with Crippen molar-refractivity contribution in [2.24, 2.45) is 0 Å². The first-order chi connectivity index (χ1) is 8.75. The standard InChI is InChI=1S/C15H17NO2/c1-10-4-2-6-13-15(10)12(9-16-13)14(17)8-11-5-3-7-18-11/h2,4,6,9,11,16H,3,5,7-8H2,1H3. The van der Waals surface area contributed by atoms with Crippen LogP contribution in [0.4, 0.5) is 0 Å². The molecule has 1 atom stereocenters. The van der Waals surface area contributed by atoms with Crippen molar-refractivity contribution in [3.63, 3.8) is 0 Å². The molecule has 1 aliphatic rings. The number of aromatic amines is 1. The molecule has 2 heterocycles. The number of Topliss-reactive ketones (excluding diaryl/α,β-unsaturated/α-hetero) is 1. The van der Waals surface area contributed by atoms with Crippen LogP contribution >= 0.6 is 0 Å². The first-order valence-electron chi connectivity index (χ1n) is 6.47. The number of hydrogen-bond donors (Lipinski definition) is 1. The second-order valence-corrected chi connectivity index (χ2v) is 4.96. The topological polar surface area (TPSA) is 42.1 Å². The van der Waals surface area contributed by atoms with Gasteiger partial charge in [-0.05, 0) is 31.4 Å². The molecule has 0 bridgehead atoms. The summed E-state index contributed by atoms with van der Waals surface area (Å²) in [4.78, 5) is 15.5. The van der Waals surface area contributed by atoms with E-state index in [2.05, 4.69) is 4.98 Å². The SMILES string of the molecule is Cc1cccc2[nH]cc(C(=O)CC3CCCO3)c12. The molecular formula is C15H17NO2. The second kappa shape index (κ2) is 4.58. The van der Waals surface area contributed by atoms with Crippen LogP contribution in [0.1, 0.15) is 35.2 Å². The first kappa shape index (κ1) is 11.5. The van der Waals surface area contributed by atoms with Crippen molar-refractivity contribution in [3.05, 3.63) is 35.5 Å². The predicted molar refractivity (Wildman–Crippen MR) is 71.0 cm³/mol. The van der Waals surface area contributed by atoms with Gasteiger partial charge in [0.25, 0.3) is 0 Å². The van der Waals surface area contributed by atoms with E-state index in [9.17, 15) is 4.79 Å². The smallest absolute Gasteiger partial charge is 0.167 e. The van der Waals surface area contributed by atoms with E-state index in [1.165, 1.54) is 0 Å². The van der Waals surface area contributed by atoms with Crippen molar-refractivity contribution in [2.45, 2.75) is 32.3 Å². The number of nitrogens with one attached hydrogen (secondary N) is 1. The van der Waals surface area contributed by atoms with Crippen LogP contribution in [-0.4, -0.2) is 23.5 Å². The molecule has 1 fully saturated rings. The van der Waals surface area contributed by atoms with Gasteiger partial charge in [-0.1, -0.05) is 12.1 Å². The number of benzene rings is 1. The molecule has 1 unspecified atom stereocenters. The zero-order valence-electron chi connectivity index (χ0n) is 10.5. The van der Waals surface area contributed by atoms with Gasteiger partial charge in [0.05, 0.1) is 6.10 Å². The number of carbonyl (C=O) groups is 1. The highest BCUT2D eigenvalue weighted by molar-refractivity contribution is 6.09. The molecule has 1 aromatic heterocycles. The second-order valence-electron chi connectivity index (χ2n) is 4.96. The van der Waals surface area contributed by atoms with Crippen LogP contribution in [0.3, 0.4) is 0 Å². The zero-order chi connectivity index (χ0) is 12.5. The largest absolute Gasteiger partial charge is 0.378 e. The lowest BCUT2D eigenvalue weighted by molar-refractivity contribution is 0.0777. The average Bonchev–Trinajstić information content (AvgIpc) is 2.97. The van der Waals surface area contributed by atoms with Crippen LogP contribution in [0.5, 0.6) is 0 Å². The van der Waals surface area contributed by atoms with Gasteiger partial charge in [-0.15, -0.1) is 0 Å². The molecule has 1 aromatic carbocycles. The number of H-pyrrole nitrogens is 1. The maximum Gasteiger partial charge on any atom is 0.167 e. The molecule has 94 valence electrons. The third kappa shape index (κ3) is 1.95. The monoisotopic (exact) mass is 243 g/mol. The lowest BCUT2D eigenvalue weighted by Crippen LogP contribution is -2.12. The van der Waals surface area contributed by atoms with E-state index in [4.69, 9.17) is 4.74 Å². The van der Waals surface area contributed by atoms with Gasteiger partial charge in [-0.2, -0.15) is 0 Å². The molecule has 3 nitrogen and oxygen atoms in total. The molecule has 3 heteroatoms. The number of rotatable bonds is 3. The number of aromatic nitrogens is 1. The first-order valence-corrected chi connectivity index (χ1v) is 6.47. The van der Waals surface area contributed by atoms with Gasteiger partial charge in [-0.3, -0.25) is 4.79 Å². The maximum absolute atomic E-state index is 12.3. The van der Waals surface area contributed by atoms with Crippen LogP contribution in [0.25, 0.3) is 10.9 Å². The number of ether oxygens (including phenoxy) is 1. The van der Waals surface area contributed by atoms with Gasteiger partial charge in [0.15, 0.2) is 5.78 Å². The summed E-state index contributed by atoms with van der Waals surface area (Å²) in [6.07, 6.45) is 4.53. The Balaban J connectivity index is 1.91. The molecule has 0 spiro atoms. The third-order valence-electron chi connectivity index (χ3n) is 3.65. The van der Waals surface area contributed by atoms with E-state index in [0.717, 1.165) is 41.5 Å². The van der Waals surface area contributed by atoms with Crippen molar-refractivity contribution < 1.29 is 9.53 Å². The Morgan fingerprint density at radius 3 is 3.17 bits per heavy atom. The number of hydrogen-bond acceptors (Lipinski definition) is 2. The van der Waals surface area contributed by atoms with Crippen LogP contribution in [-0.2, 0) is 4.74 Å². The minimum atomic E-state index is 0.117. The van der Waals surface area contributed by atoms with Crippen molar-refractivity contribution in [3.8, 4) is 0 Å². The number of carbonyl (C=O) groups excluding carboxylic acids is 1. The van der Waals surface area contributed by atoms with Gasteiger partial charge in [0, 0.05) is 35.7 Å². The molecule has 1 N–H and O–H groups in total. The van der Waals surface area contributed by atoms with Gasteiger partial charge < -0.3 is 9.72 Å². The fourth-order valence-corrected chi connectivity index (χ4v) is 2.71. The fourth-order valence-electron chi connectivity index (χ4n) is 2.71. The van der Waals surface area contributed by atoms with E-state index in [1.807, 2.05) is 31.3 Å². The highest BCUT2D eigenvalue weighted by Crippen LogP contribution is 2.25. The van der Waals surface area contributed by atoms with Crippen molar-refractivity contribution >= 4 is 16.7 Å². The molecule has 0 radical (unpaired) electrons. The molecule has 18 heavy (non-hydrogen) atoms. The van der Waals surface area contributed by atoms with E-state index in [-0.39, 0.29) is 11.9 Å². The van der Waals surface area contributed by atoms with Crippen molar-refractivity contribution in [1.29, 1.82) is 0 Å². The van der Waals surface area contributed by atoms with E-state index >= 15 is 0 Å². The Hall–Kier alpha value is -1.61. The number of ketones is 1. The Morgan fingerprint density at radius 2 is 2.39 bits per heavy atom. The Bertz CT molecular complexity index is 579. The van der Waals surface area contributed by atoms with E-state index in [0.29, 0.717) is 6.42 Å². The summed E-state index contributed by atoms with van der Waals surface area (Å²) in [5, 5.41) is 1.06. The fraction of sp³-hybridized carbons (Fsp3) is 0.400. The third-order valence-corrected chi connectivity index (χ3v) is 3.65.